The lowest BCUT2D eigenvalue weighted by Gasteiger charge is -2.21. The number of benzene rings is 2. The van der Waals surface area contributed by atoms with E-state index in [1.807, 2.05) is 0 Å². The van der Waals surface area contributed by atoms with Crippen molar-refractivity contribution in [2.75, 3.05) is 0 Å². The number of carbonyl (C=O) groups excluding carboxylic acids is 1. The van der Waals surface area contributed by atoms with Gasteiger partial charge in [-0.25, -0.2) is 4.39 Å². The third-order valence-electron chi connectivity index (χ3n) is 3.48. The number of Topliss-reactive ketones (excluding diaryl/α,β-unsaturated/α-hetero) is 1. The van der Waals surface area contributed by atoms with Gasteiger partial charge in [0, 0.05) is 5.02 Å². The molecule has 2 aromatic rings. The molecule has 0 aliphatic carbocycles. The Labute approximate surface area is 128 Å². The van der Waals surface area contributed by atoms with Gasteiger partial charge >= 0.3 is 0 Å². The van der Waals surface area contributed by atoms with E-state index in [-0.39, 0.29) is 11.6 Å². The van der Waals surface area contributed by atoms with Crippen molar-refractivity contribution in [1.29, 1.82) is 0 Å². The van der Waals surface area contributed by atoms with E-state index < -0.39 is 12.0 Å². The lowest BCUT2D eigenvalue weighted by atomic mass is 9.87. The Bertz CT molecular complexity index is 608. The molecule has 0 saturated heterocycles. The fourth-order valence-electron chi connectivity index (χ4n) is 2.24. The zero-order chi connectivity index (χ0) is 15.4. The molecule has 2 atom stereocenters. The highest BCUT2D eigenvalue weighted by molar-refractivity contribution is 6.30. The predicted octanol–water partition coefficient (Wildman–Crippen LogP) is 3.96. The first kappa shape index (κ1) is 15.7. The number of rotatable bonds is 5. The van der Waals surface area contributed by atoms with E-state index in [0.29, 0.717) is 17.0 Å². The maximum Gasteiger partial charge on any atom is 0.136 e. The van der Waals surface area contributed by atoms with Crippen molar-refractivity contribution in [3.05, 3.63) is 70.5 Å². The summed E-state index contributed by atoms with van der Waals surface area (Å²) < 4.78 is 12.9. The first-order valence-corrected chi connectivity index (χ1v) is 7.03. The van der Waals surface area contributed by atoms with Crippen molar-refractivity contribution in [1.82, 2.24) is 0 Å². The summed E-state index contributed by atoms with van der Waals surface area (Å²) in [5.41, 5.74) is 1.45. The van der Waals surface area contributed by atoms with Crippen molar-refractivity contribution in [3.8, 4) is 0 Å². The molecular formula is C17H16ClFO2. The number of ketones is 1. The van der Waals surface area contributed by atoms with E-state index in [2.05, 4.69) is 0 Å². The van der Waals surface area contributed by atoms with Gasteiger partial charge in [-0.1, -0.05) is 35.9 Å². The average Bonchev–Trinajstić information content (AvgIpc) is 2.46. The average molecular weight is 307 g/mol. The van der Waals surface area contributed by atoms with Crippen LogP contribution in [-0.4, -0.2) is 10.9 Å². The van der Waals surface area contributed by atoms with Crippen LogP contribution < -0.4 is 0 Å². The highest BCUT2D eigenvalue weighted by Crippen LogP contribution is 2.27. The van der Waals surface area contributed by atoms with Gasteiger partial charge in [0.2, 0.25) is 0 Å². The molecule has 0 unspecified atom stereocenters. The Morgan fingerprint density at radius 3 is 2.24 bits per heavy atom. The molecule has 0 aliphatic rings. The van der Waals surface area contributed by atoms with Crippen LogP contribution in [0.2, 0.25) is 5.02 Å². The normalized spacial score (nSPS) is 13.7. The number of aliphatic hydroxyl groups is 1. The van der Waals surface area contributed by atoms with Gasteiger partial charge in [0.25, 0.3) is 0 Å². The first-order valence-electron chi connectivity index (χ1n) is 6.66. The van der Waals surface area contributed by atoms with Crippen molar-refractivity contribution < 1.29 is 14.3 Å². The Morgan fingerprint density at radius 2 is 1.71 bits per heavy atom. The van der Waals surface area contributed by atoms with Crippen LogP contribution in [0, 0.1) is 11.7 Å². The molecule has 2 aromatic carbocycles. The third kappa shape index (κ3) is 4.13. The zero-order valence-corrected chi connectivity index (χ0v) is 12.3. The van der Waals surface area contributed by atoms with Crippen LogP contribution in [0.5, 0.6) is 0 Å². The van der Waals surface area contributed by atoms with E-state index in [1.54, 1.807) is 36.4 Å². The minimum absolute atomic E-state index is 0.109. The highest BCUT2D eigenvalue weighted by atomic mass is 35.5. The molecule has 0 saturated carbocycles. The molecule has 0 fully saturated rings. The van der Waals surface area contributed by atoms with Gasteiger partial charge in [0.1, 0.15) is 11.6 Å². The zero-order valence-electron chi connectivity index (χ0n) is 11.6. The Kier molecular flexibility index (Phi) is 5.10. The summed E-state index contributed by atoms with van der Waals surface area (Å²) in [6, 6.07) is 12.7. The largest absolute Gasteiger partial charge is 0.388 e. The molecule has 0 radical (unpaired) electrons. The molecule has 2 nitrogen and oxygen atoms in total. The summed E-state index contributed by atoms with van der Waals surface area (Å²) >= 11 is 5.82. The van der Waals surface area contributed by atoms with Crippen LogP contribution in [0.3, 0.4) is 0 Å². The number of aliphatic hydroxyl groups excluding tert-OH is 1. The molecular weight excluding hydrogens is 291 g/mol. The predicted molar refractivity (Wildman–Crippen MR) is 80.7 cm³/mol. The highest BCUT2D eigenvalue weighted by Gasteiger charge is 2.25. The maximum atomic E-state index is 12.9. The minimum atomic E-state index is -0.912. The molecule has 4 heteroatoms. The minimum Gasteiger partial charge on any atom is -0.388 e. The third-order valence-corrected chi connectivity index (χ3v) is 3.74. The van der Waals surface area contributed by atoms with Gasteiger partial charge in [-0.2, -0.15) is 0 Å². The van der Waals surface area contributed by atoms with Crippen LogP contribution in [0.1, 0.15) is 24.2 Å². The molecule has 1 N–H and O–H groups in total. The lowest BCUT2D eigenvalue weighted by Crippen LogP contribution is -2.22. The quantitative estimate of drug-likeness (QED) is 0.908. The van der Waals surface area contributed by atoms with Crippen LogP contribution in [0.4, 0.5) is 4.39 Å². The van der Waals surface area contributed by atoms with Gasteiger partial charge in [0.15, 0.2) is 0 Å². The second-order valence-corrected chi connectivity index (χ2v) is 5.48. The summed E-state index contributed by atoms with van der Waals surface area (Å²) in [5.74, 6) is -1.00. The number of hydrogen-bond acceptors (Lipinski definition) is 2. The molecule has 0 aliphatic heterocycles. The lowest BCUT2D eigenvalue weighted by molar-refractivity contribution is -0.124. The van der Waals surface area contributed by atoms with E-state index in [4.69, 9.17) is 11.6 Å². The first-order chi connectivity index (χ1) is 9.97. The fourth-order valence-corrected chi connectivity index (χ4v) is 2.37. The van der Waals surface area contributed by atoms with E-state index in [0.717, 1.165) is 5.56 Å². The molecule has 2 rings (SSSR count). The molecule has 21 heavy (non-hydrogen) atoms. The van der Waals surface area contributed by atoms with Crippen molar-refractivity contribution in [2.45, 2.75) is 19.4 Å². The van der Waals surface area contributed by atoms with Crippen LogP contribution in [0.25, 0.3) is 0 Å². The summed E-state index contributed by atoms with van der Waals surface area (Å²) in [4.78, 5) is 11.8. The van der Waals surface area contributed by atoms with E-state index in [1.165, 1.54) is 19.1 Å². The summed E-state index contributed by atoms with van der Waals surface area (Å²) in [7, 11) is 0. The molecule has 0 bridgehead atoms. The summed E-state index contributed by atoms with van der Waals surface area (Å²) in [6.07, 6.45) is -0.552. The Balaban J connectivity index is 2.20. The molecule has 0 spiro atoms. The van der Waals surface area contributed by atoms with Crippen molar-refractivity contribution in [2.24, 2.45) is 5.92 Å². The summed E-state index contributed by atoms with van der Waals surface area (Å²) in [5, 5.41) is 11.0. The maximum absolute atomic E-state index is 12.9. The Morgan fingerprint density at radius 1 is 1.14 bits per heavy atom. The molecule has 0 heterocycles. The topological polar surface area (TPSA) is 37.3 Å². The fraction of sp³-hybridized carbons (Fsp3) is 0.235. The SMILES string of the molecule is CC(=O)[C@H](Cc1ccc(F)cc1)[C@@H](O)c1ccc(Cl)cc1. The van der Waals surface area contributed by atoms with E-state index in [9.17, 15) is 14.3 Å². The van der Waals surface area contributed by atoms with Crippen molar-refractivity contribution >= 4 is 17.4 Å². The smallest absolute Gasteiger partial charge is 0.136 e. The van der Waals surface area contributed by atoms with Gasteiger partial charge in [0.05, 0.1) is 12.0 Å². The van der Waals surface area contributed by atoms with Crippen LogP contribution in [-0.2, 0) is 11.2 Å². The van der Waals surface area contributed by atoms with Gasteiger partial charge < -0.3 is 5.11 Å². The van der Waals surface area contributed by atoms with E-state index >= 15 is 0 Å². The number of halogens is 2. The molecule has 110 valence electrons. The van der Waals surface area contributed by atoms with Crippen molar-refractivity contribution in [3.63, 3.8) is 0 Å². The standard InChI is InChI=1S/C17H16ClFO2/c1-11(20)16(10-12-2-8-15(19)9-3-12)17(21)13-4-6-14(18)7-5-13/h2-9,16-17,21H,10H2,1H3/t16-,17-/m0/s1. The number of carbonyl (C=O) groups is 1. The van der Waals surface area contributed by atoms with Crippen LogP contribution in [0.15, 0.2) is 48.5 Å². The van der Waals surface area contributed by atoms with Gasteiger partial charge in [-0.3, -0.25) is 4.79 Å². The second-order valence-electron chi connectivity index (χ2n) is 5.04. The monoisotopic (exact) mass is 306 g/mol. The van der Waals surface area contributed by atoms with Gasteiger partial charge in [-0.05, 0) is 48.7 Å². The Hall–Kier alpha value is -1.71. The summed E-state index contributed by atoms with van der Waals surface area (Å²) in [6.45, 7) is 1.45. The van der Waals surface area contributed by atoms with Gasteiger partial charge in [-0.15, -0.1) is 0 Å². The van der Waals surface area contributed by atoms with Crippen LogP contribution >= 0.6 is 11.6 Å². The number of hydrogen-bond donors (Lipinski definition) is 1. The molecule has 0 aromatic heterocycles. The molecule has 0 amide bonds. The second kappa shape index (κ2) is 6.83.